The van der Waals surface area contributed by atoms with Gasteiger partial charge in [-0.1, -0.05) is 43.0 Å². The van der Waals surface area contributed by atoms with Crippen LogP contribution >= 0.6 is 11.6 Å². The van der Waals surface area contributed by atoms with Gasteiger partial charge in [-0.15, -0.1) is 0 Å². The third-order valence-corrected chi connectivity index (χ3v) is 15.0. The monoisotopic (exact) mass is 908 g/mol. The van der Waals surface area contributed by atoms with Crippen LogP contribution in [0.15, 0.2) is 57.6 Å². The first-order chi connectivity index (χ1) is 30.0. The number of nitrogens with zero attached hydrogens (tertiary/aromatic N) is 3. The first-order valence-corrected chi connectivity index (χ1v) is 24.5. The number of para-hydroxylation sites is 1. The van der Waals surface area contributed by atoms with E-state index < -0.39 is 32.6 Å². The summed E-state index contributed by atoms with van der Waals surface area (Å²) in [6.45, 7) is 12.8. The molecule has 4 amide bonds. The quantitative estimate of drug-likeness (QED) is 0.0578. The minimum Gasteiger partial charge on any atom is -0.489 e. The van der Waals surface area contributed by atoms with E-state index in [4.69, 9.17) is 16.3 Å². The number of hydrogen-bond donors (Lipinski definition) is 5. The fourth-order valence-corrected chi connectivity index (χ4v) is 9.95. The molecule has 2 saturated heterocycles. The predicted octanol–water partition coefficient (Wildman–Crippen LogP) is 6.64. The molecule has 3 aliphatic heterocycles. The molecule has 2 aromatic carbocycles. The van der Waals surface area contributed by atoms with Gasteiger partial charge in [0.2, 0.25) is 23.6 Å². The number of hydrogen-bond acceptors (Lipinski definition) is 12. The van der Waals surface area contributed by atoms with Crippen LogP contribution in [0.5, 0.6) is 5.75 Å². The lowest BCUT2D eigenvalue weighted by molar-refractivity contribution is -0.141. The number of benzene rings is 2. The second-order valence-corrected chi connectivity index (χ2v) is 20.8. The zero-order valence-corrected chi connectivity index (χ0v) is 38.9. The van der Waals surface area contributed by atoms with E-state index >= 15 is 0 Å². The number of unbranched alkanes of at least 4 members (excludes halogenated alkanes) is 4. The molecule has 344 valence electrons. The SMILES string of the molecule is Cc1cc(NC2=NC=C(Cl)N(Nc3ccccc3S(=O)(=O)C(C)C)C2)c(OC(C)C)cc1C1CCN(CCCCCCCC(=O)NC2(C(=O)NC3CCC(=O)NC3=O)CCC2)CC1. The second-order valence-electron chi connectivity index (χ2n) is 17.9. The van der Waals surface area contributed by atoms with Gasteiger partial charge < -0.3 is 25.6 Å². The normalized spacial score (nSPS) is 19.5. The number of likely N-dealkylation sites (tertiary alicyclic amines) is 1. The van der Waals surface area contributed by atoms with Crippen molar-refractivity contribution >= 4 is 62.3 Å². The van der Waals surface area contributed by atoms with Crippen LogP contribution in [0.3, 0.4) is 0 Å². The van der Waals surface area contributed by atoms with E-state index in [-0.39, 0.29) is 48.1 Å². The summed E-state index contributed by atoms with van der Waals surface area (Å²) in [5.41, 5.74) is 5.93. The lowest BCUT2D eigenvalue weighted by Crippen LogP contribution is -2.65. The Morgan fingerprint density at radius 3 is 2.38 bits per heavy atom. The number of aryl methyl sites for hydroxylation is 1. The predicted molar refractivity (Wildman–Crippen MR) is 246 cm³/mol. The van der Waals surface area contributed by atoms with Crippen molar-refractivity contribution in [2.24, 2.45) is 4.99 Å². The second kappa shape index (κ2) is 21.3. The van der Waals surface area contributed by atoms with Crippen LogP contribution in [0.1, 0.15) is 128 Å². The van der Waals surface area contributed by atoms with E-state index in [0.717, 1.165) is 82.4 Å². The Morgan fingerprint density at radius 2 is 1.70 bits per heavy atom. The van der Waals surface area contributed by atoms with E-state index in [2.05, 4.69) is 55.6 Å². The van der Waals surface area contributed by atoms with E-state index in [0.29, 0.717) is 41.9 Å². The van der Waals surface area contributed by atoms with Gasteiger partial charge in [0.15, 0.2) is 9.84 Å². The highest BCUT2D eigenvalue weighted by Gasteiger charge is 2.46. The number of rotatable bonds is 19. The van der Waals surface area contributed by atoms with E-state index in [1.165, 1.54) is 17.3 Å². The molecule has 1 aliphatic carbocycles. The Hall–Kier alpha value is -4.67. The van der Waals surface area contributed by atoms with Crippen LogP contribution in [-0.2, 0) is 29.0 Å². The number of halogens is 1. The molecule has 1 unspecified atom stereocenters. The van der Waals surface area contributed by atoms with E-state index in [9.17, 15) is 27.6 Å². The van der Waals surface area contributed by atoms with Crippen molar-refractivity contribution in [3.63, 3.8) is 0 Å². The van der Waals surface area contributed by atoms with Gasteiger partial charge in [0.1, 0.15) is 28.3 Å². The molecule has 0 radical (unpaired) electrons. The van der Waals surface area contributed by atoms with Crippen molar-refractivity contribution in [2.45, 2.75) is 152 Å². The summed E-state index contributed by atoms with van der Waals surface area (Å²) >= 11 is 6.57. The molecule has 1 atom stereocenters. The van der Waals surface area contributed by atoms with Gasteiger partial charge in [-0.25, -0.2) is 13.4 Å². The molecular weight excluding hydrogens is 844 g/mol. The van der Waals surface area contributed by atoms with Crippen molar-refractivity contribution in [3.05, 3.63) is 58.9 Å². The average molecular weight is 910 g/mol. The minimum atomic E-state index is -3.54. The Balaban J connectivity index is 0.929. The number of sulfone groups is 1. The molecule has 6 rings (SSSR count). The summed E-state index contributed by atoms with van der Waals surface area (Å²) in [5, 5.41) is 12.8. The number of ether oxygens (including phenoxy) is 1. The van der Waals surface area contributed by atoms with Gasteiger partial charge >= 0.3 is 0 Å². The molecule has 0 aromatic heterocycles. The Morgan fingerprint density at radius 1 is 0.984 bits per heavy atom. The summed E-state index contributed by atoms with van der Waals surface area (Å²) in [6.07, 6.45) is 11.3. The minimum absolute atomic E-state index is 0.0495. The maximum Gasteiger partial charge on any atom is 0.249 e. The van der Waals surface area contributed by atoms with Crippen LogP contribution in [0.2, 0.25) is 0 Å². The summed E-state index contributed by atoms with van der Waals surface area (Å²) in [5.74, 6) is 0.471. The molecule has 4 aliphatic rings. The topological polar surface area (TPSA) is 191 Å². The molecule has 0 spiro atoms. The van der Waals surface area contributed by atoms with E-state index in [1.807, 2.05) is 13.8 Å². The lowest BCUT2D eigenvalue weighted by Gasteiger charge is -2.41. The van der Waals surface area contributed by atoms with Crippen LogP contribution < -0.4 is 31.4 Å². The van der Waals surface area contributed by atoms with Crippen molar-refractivity contribution < 1.29 is 32.3 Å². The third-order valence-electron chi connectivity index (χ3n) is 12.4. The summed E-state index contributed by atoms with van der Waals surface area (Å²) in [6, 6.07) is 10.4. The van der Waals surface area contributed by atoms with Gasteiger partial charge in [0.25, 0.3) is 0 Å². The smallest absolute Gasteiger partial charge is 0.249 e. The summed E-state index contributed by atoms with van der Waals surface area (Å²) < 4.78 is 32.6. The number of anilines is 2. The zero-order valence-electron chi connectivity index (χ0n) is 37.4. The zero-order chi connectivity index (χ0) is 45.3. The number of carbonyl (C=O) groups is 4. The highest BCUT2D eigenvalue weighted by Crippen LogP contribution is 2.38. The molecular formula is C46H65ClN8O7S. The molecule has 3 heterocycles. The Labute approximate surface area is 377 Å². The highest BCUT2D eigenvalue weighted by molar-refractivity contribution is 7.92. The molecule has 5 N–H and O–H groups in total. The number of piperidine rings is 2. The lowest BCUT2D eigenvalue weighted by atomic mass is 9.75. The maximum absolute atomic E-state index is 13.1. The number of aliphatic imine (C=N–C) groups is 1. The fourth-order valence-electron chi connectivity index (χ4n) is 8.60. The largest absolute Gasteiger partial charge is 0.489 e. The third kappa shape index (κ3) is 12.3. The number of amides is 4. The molecule has 2 aromatic rings. The van der Waals surface area contributed by atoms with Gasteiger partial charge in [0.05, 0.1) is 40.4 Å². The molecule has 0 bridgehead atoms. The van der Waals surface area contributed by atoms with E-state index in [1.54, 1.807) is 43.1 Å². The first-order valence-electron chi connectivity index (χ1n) is 22.6. The van der Waals surface area contributed by atoms with Crippen LogP contribution in [0.4, 0.5) is 11.4 Å². The van der Waals surface area contributed by atoms with Crippen molar-refractivity contribution in [1.82, 2.24) is 25.9 Å². The summed E-state index contributed by atoms with van der Waals surface area (Å²) in [7, 11) is -3.54. The standard InChI is InChI=1S/C46H65ClN8O7S/c1-30(2)62-38-27-34(32(5)26-37(38)49-41-29-55(40(47)28-48-41)53-35-14-10-11-15-39(35)63(60,61)31(3)4)33-19-24-54(25-20-33)23-12-8-6-7-9-16-43(57)52-46(21-13-22-46)45(59)50-36-17-18-42(56)51-44(36)58/h10-11,14-15,26-28,30-31,33,36,53H,6-9,12-13,16-25,29H2,1-5H3,(H,48,49)(H,50,59)(H,52,57)(H,51,56,58). The molecule has 15 nitrogen and oxygen atoms in total. The Bertz CT molecular complexity index is 2170. The van der Waals surface area contributed by atoms with Crippen molar-refractivity contribution in [3.8, 4) is 5.75 Å². The van der Waals surface area contributed by atoms with Crippen molar-refractivity contribution in [1.29, 1.82) is 0 Å². The van der Waals surface area contributed by atoms with Crippen LogP contribution in [0, 0.1) is 6.92 Å². The average Bonchev–Trinajstić information content (AvgIpc) is 3.22. The van der Waals surface area contributed by atoms with Crippen molar-refractivity contribution in [2.75, 3.05) is 36.9 Å². The van der Waals surface area contributed by atoms with Gasteiger partial charge in [-0.05, 0) is 147 Å². The first kappa shape index (κ1) is 47.8. The molecule has 3 fully saturated rings. The number of hydrazine groups is 1. The summed E-state index contributed by atoms with van der Waals surface area (Å²) in [4.78, 5) is 56.8. The molecule has 1 saturated carbocycles. The fraction of sp³-hybridized carbons (Fsp3) is 0.587. The van der Waals surface area contributed by atoms with Crippen LogP contribution in [0.25, 0.3) is 0 Å². The van der Waals surface area contributed by atoms with Crippen LogP contribution in [-0.4, -0.2) is 96.9 Å². The molecule has 63 heavy (non-hydrogen) atoms. The highest BCUT2D eigenvalue weighted by atomic mass is 35.5. The maximum atomic E-state index is 13.1. The van der Waals surface area contributed by atoms with Gasteiger partial charge in [-0.2, -0.15) is 0 Å². The number of nitrogens with one attached hydrogen (secondary N) is 5. The number of imide groups is 1. The van der Waals surface area contributed by atoms with Gasteiger partial charge in [0, 0.05) is 12.8 Å². The van der Waals surface area contributed by atoms with Gasteiger partial charge in [-0.3, -0.25) is 34.9 Å². The number of carbonyl (C=O) groups excluding carboxylic acids is 4. The number of amidine groups is 1. The molecule has 17 heteroatoms. The Kier molecular flexibility index (Phi) is 16.2.